The Balaban J connectivity index is 2.77. The van der Waals surface area contributed by atoms with Gasteiger partial charge in [0, 0.05) is 18.0 Å². The van der Waals surface area contributed by atoms with Crippen molar-refractivity contribution in [3.8, 4) is 0 Å². The van der Waals surface area contributed by atoms with Crippen LogP contribution in [0.1, 0.15) is 18.2 Å². The molecule has 0 bridgehead atoms. The van der Waals surface area contributed by atoms with Gasteiger partial charge in [-0.25, -0.2) is 8.42 Å². The standard InChI is InChI=1S/C12H21ClN2O2S2/c1-4-15(9-5-8-14(2)3)19(16,17)12-7-6-11(10-13)18-12/h6-7H,4-5,8-10H2,1-3H3. The number of nitrogens with zero attached hydrogens (tertiary/aromatic N) is 2. The van der Waals surface area contributed by atoms with Gasteiger partial charge in [0.1, 0.15) is 4.21 Å². The van der Waals surface area contributed by atoms with Gasteiger partial charge in [-0.15, -0.1) is 22.9 Å². The number of rotatable bonds is 8. The average Bonchev–Trinajstić information content (AvgIpc) is 2.83. The van der Waals surface area contributed by atoms with Crippen molar-refractivity contribution in [2.24, 2.45) is 0 Å². The SMILES string of the molecule is CCN(CCCN(C)C)S(=O)(=O)c1ccc(CCl)s1. The van der Waals surface area contributed by atoms with Gasteiger partial charge in [-0.3, -0.25) is 0 Å². The Hall–Kier alpha value is -0.140. The molecule has 4 nitrogen and oxygen atoms in total. The second-order valence-electron chi connectivity index (χ2n) is 4.51. The molecule has 0 spiro atoms. The Morgan fingerprint density at radius 3 is 2.42 bits per heavy atom. The third-order valence-electron chi connectivity index (χ3n) is 2.73. The summed E-state index contributed by atoms with van der Waals surface area (Å²) in [5.41, 5.74) is 0. The second kappa shape index (κ2) is 7.59. The first-order valence-corrected chi connectivity index (χ1v) is 9.00. The van der Waals surface area contributed by atoms with E-state index in [0.717, 1.165) is 17.8 Å². The van der Waals surface area contributed by atoms with E-state index in [0.29, 0.717) is 23.2 Å². The molecule has 0 aliphatic heterocycles. The Kier molecular flexibility index (Phi) is 6.76. The zero-order chi connectivity index (χ0) is 14.5. The molecule has 0 N–H and O–H groups in total. The fourth-order valence-corrected chi connectivity index (χ4v) is 4.81. The van der Waals surface area contributed by atoms with Crippen LogP contribution in [0.15, 0.2) is 16.3 Å². The lowest BCUT2D eigenvalue weighted by molar-refractivity contribution is 0.356. The van der Waals surface area contributed by atoms with E-state index in [-0.39, 0.29) is 0 Å². The molecule has 0 saturated heterocycles. The molecule has 1 rings (SSSR count). The highest BCUT2D eigenvalue weighted by Crippen LogP contribution is 2.26. The Labute approximate surface area is 125 Å². The maximum atomic E-state index is 12.4. The van der Waals surface area contributed by atoms with Crippen molar-refractivity contribution in [2.75, 3.05) is 33.7 Å². The highest BCUT2D eigenvalue weighted by atomic mass is 35.5. The Morgan fingerprint density at radius 1 is 1.26 bits per heavy atom. The number of halogens is 1. The van der Waals surface area contributed by atoms with Crippen molar-refractivity contribution >= 4 is 33.0 Å². The van der Waals surface area contributed by atoms with Crippen LogP contribution in [-0.4, -0.2) is 51.4 Å². The highest BCUT2D eigenvalue weighted by Gasteiger charge is 2.24. The lowest BCUT2D eigenvalue weighted by Crippen LogP contribution is -2.32. The summed E-state index contributed by atoms with van der Waals surface area (Å²) in [5.74, 6) is 0.354. The minimum atomic E-state index is -3.36. The van der Waals surface area contributed by atoms with Crippen molar-refractivity contribution in [2.45, 2.75) is 23.4 Å². The van der Waals surface area contributed by atoms with Gasteiger partial charge in [0.25, 0.3) is 10.0 Å². The molecule has 0 atom stereocenters. The zero-order valence-electron chi connectivity index (χ0n) is 11.6. The zero-order valence-corrected chi connectivity index (χ0v) is 14.0. The van der Waals surface area contributed by atoms with E-state index in [1.54, 1.807) is 12.1 Å². The predicted octanol–water partition coefficient (Wildman–Crippen LogP) is 2.45. The molecule has 0 amide bonds. The molecule has 0 saturated carbocycles. The summed E-state index contributed by atoms with van der Waals surface area (Å²) in [5, 5.41) is 0. The number of hydrogen-bond donors (Lipinski definition) is 0. The monoisotopic (exact) mass is 324 g/mol. The maximum Gasteiger partial charge on any atom is 0.252 e. The fourth-order valence-electron chi connectivity index (χ4n) is 1.71. The first kappa shape index (κ1) is 16.9. The topological polar surface area (TPSA) is 40.6 Å². The van der Waals surface area contributed by atoms with Crippen LogP contribution in [-0.2, 0) is 15.9 Å². The minimum Gasteiger partial charge on any atom is -0.309 e. The number of sulfonamides is 1. The molecule has 1 aromatic heterocycles. The molecule has 0 aliphatic rings. The molecule has 1 heterocycles. The Morgan fingerprint density at radius 2 is 1.95 bits per heavy atom. The van der Waals surface area contributed by atoms with Gasteiger partial charge in [0.2, 0.25) is 0 Å². The summed E-state index contributed by atoms with van der Waals surface area (Å²) in [6, 6.07) is 3.42. The normalized spacial score (nSPS) is 12.5. The molecule has 0 fully saturated rings. The fraction of sp³-hybridized carbons (Fsp3) is 0.667. The van der Waals surface area contributed by atoms with Crippen molar-refractivity contribution in [1.82, 2.24) is 9.21 Å². The van der Waals surface area contributed by atoms with Crippen LogP contribution in [0.5, 0.6) is 0 Å². The van der Waals surface area contributed by atoms with Gasteiger partial charge in [-0.2, -0.15) is 4.31 Å². The first-order valence-electron chi connectivity index (χ1n) is 6.21. The summed E-state index contributed by atoms with van der Waals surface area (Å²) in [6.45, 7) is 3.78. The van der Waals surface area contributed by atoms with Gasteiger partial charge in [0.15, 0.2) is 0 Å². The highest BCUT2D eigenvalue weighted by molar-refractivity contribution is 7.91. The summed E-state index contributed by atoms with van der Waals surface area (Å²) in [4.78, 5) is 2.93. The van der Waals surface area contributed by atoms with E-state index < -0.39 is 10.0 Å². The van der Waals surface area contributed by atoms with Crippen LogP contribution < -0.4 is 0 Å². The Bertz CT molecular complexity index is 486. The quantitative estimate of drug-likeness (QED) is 0.690. The lowest BCUT2D eigenvalue weighted by atomic mass is 10.4. The van der Waals surface area contributed by atoms with Crippen molar-refractivity contribution in [3.05, 3.63) is 17.0 Å². The van der Waals surface area contributed by atoms with E-state index in [4.69, 9.17) is 11.6 Å². The number of alkyl halides is 1. The first-order chi connectivity index (χ1) is 8.91. The van der Waals surface area contributed by atoms with Gasteiger partial charge in [-0.05, 0) is 39.2 Å². The predicted molar refractivity (Wildman–Crippen MR) is 81.5 cm³/mol. The molecule has 19 heavy (non-hydrogen) atoms. The van der Waals surface area contributed by atoms with Crippen LogP contribution in [0.25, 0.3) is 0 Å². The van der Waals surface area contributed by atoms with Gasteiger partial charge in [0.05, 0.1) is 5.88 Å². The largest absolute Gasteiger partial charge is 0.309 e. The summed E-state index contributed by atoms with van der Waals surface area (Å²) in [7, 11) is 0.602. The molecular weight excluding hydrogens is 304 g/mol. The smallest absolute Gasteiger partial charge is 0.252 e. The summed E-state index contributed by atoms with van der Waals surface area (Å²) >= 11 is 6.97. The molecular formula is C12H21ClN2O2S2. The van der Waals surface area contributed by atoms with E-state index in [1.165, 1.54) is 15.6 Å². The third-order valence-corrected chi connectivity index (χ3v) is 6.70. The van der Waals surface area contributed by atoms with E-state index in [9.17, 15) is 8.42 Å². The molecule has 110 valence electrons. The van der Waals surface area contributed by atoms with Crippen LogP contribution in [0, 0.1) is 0 Å². The molecule has 1 aromatic rings. The van der Waals surface area contributed by atoms with E-state index >= 15 is 0 Å². The molecule has 0 aromatic carbocycles. The molecule has 0 radical (unpaired) electrons. The molecule has 0 aliphatic carbocycles. The van der Waals surface area contributed by atoms with Crippen LogP contribution in [0.4, 0.5) is 0 Å². The third kappa shape index (κ3) is 4.72. The molecule has 0 unspecified atom stereocenters. The van der Waals surface area contributed by atoms with Crippen molar-refractivity contribution in [3.63, 3.8) is 0 Å². The van der Waals surface area contributed by atoms with Crippen molar-refractivity contribution < 1.29 is 8.42 Å². The lowest BCUT2D eigenvalue weighted by Gasteiger charge is -2.20. The number of thiophene rings is 1. The number of hydrogen-bond acceptors (Lipinski definition) is 4. The van der Waals surface area contributed by atoms with Crippen molar-refractivity contribution in [1.29, 1.82) is 0 Å². The van der Waals surface area contributed by atoms with Gasteiger partial charge < -0.3 is 4.90 Å². The van der Waals surface area contributed by atoms with Crippen LogP contribution in [0.3, 0.4) is 0 Å². The van der Waals surface area contributed by atoms with Gasteiger partial charge >= 0.3 is 0 Å². The minimum absolute atomic E-state index is 0.354. The average molecular weight is 325 g/mol. The second-order valence-corrected chi connectivity index (χ2v) is 8.11. The summed E-state index contributed by atoms with van der Waals surface area (Å²) < 4.78 is 26.8. The molecule has 7 heteroatoms. The van der Waals surface area contributed by atoms with Gasteiger partial charge in [-0.1, -0.05) is 6.92 Å². The maximum absolute atomic E-state index is 12.4. The van der Waals surface area contributed by atoms with Crippen LogP contribution >= 0.6 is 22.9 Å². The van der Waals surface area contributed by atoms with E-state index in [2.05, 4.69) is 4.90 Å². The van der Waals surface area contributed by atoms with E-state index in [1.807, 2.05) is 21.0 Å². The van der Waals surface area contributed by atoms with Crippen LogP contribution in [0.2, 0.25) is 0 Å². The summed E-state index contributed by atoms with van der Waals surface area (Å²) in [6.07, 6.45) is 0.827.